The van der Waals surface area contributed by atoms with E-state index in [1.807, 2.05) is 24.3 Å². The molecule has 4 rings (SSSR count). The molecule has 1 amide bonds. The van der Waals surface area contributed by atoms with E-state index in [0.29, 0.717) is 18.2 Å². The Morgan fingerprint density at radius 1 is 1.07 bits per heavy atom. The summed E-state index contributed by atoms with van der Waals surface area (Å²) in [6.07, 6.45) is 0. The van der Waals surface area contributed by atoms with Gasteiger partial charge in [-0.1, -0.05) is 48.2 Å². The van der Waals surface area contributed by atoms with E-state index in [1.54, 1.807) is 12.1 Å². The molecular weight excluding hydrogens is 379 g/mol. The normalized spacial score (nSPS) is 14.2. The van der Waals surface area contributed by atoms with Crippen molar-refractivity contribution in [3.8, 4) is 0 Å². The molecule has 1 N–H and O–H groups in total. The SMILES string of the molecule is O=C(CSc1nnc(N2CCOCC2)c2ccccc12)Nc1ccccc1F. The number of fused-ring (bicyclic) bond motifs is 1. The molecule has 1 fully saturated rings. The third-order valence-electron chi connectivity index (χ3n) is 4.43. The van der Waals surface area contributed by atoms with Crippen molar-refractivity contribution in [1.82, 2.24) is 10.2 Å². The first-order chi connectivity index (χ1) is 13.7. The lowest BCUT2D eigenvalue weighted by Crippen LogP contribution is -2.37. The van der Waals surface area contributed by atoms with Crippen molar-refractivity contribution in [2.45, 2.75) is 5.03 Å². The number of halogens is 1. The molecule has 2 heterocycles. The number of benzene rings is 2. The van der Waals surface area contributed by atoms with Gasteiger partial charge in [0.1, 0.15) is 10.8 Å². The number of rotatable bonds is 5. The third-order valence-corrected chi connectivity index (χ3v) is 5.41. The quantitative estimate of drug-likeness (QED) is 0.665. The highest BCUT2D eigenvalue weighted by Crippen LogP contribution is 2.31. The standard InChI is InChI=1S/C20H19FN4O2S/c21-16-7-3-4-8-17(16)22-18(26)13-28-20-15-6-2-1-5-14(15)19(23-24-20)25-9-11-27-12-10-25/h1-8H,9-13H2,(H,22,26). The van der Waals surface area contributed by atoms with Crippen molar-refractivity contribution in [1.29, 1.82) is 0 Å². The van der Waals surface area contributed by atoms with Gasteiger partial charge in [-0.05, 0) is 12.1 Å². The van der Waals surface area contributed by atoms with Crippen LogP contribution in [0.15, 0.2) is 53.6 Å². The lowest BCUT2D eigenvalue weighted by atomic mass is 10.2. The zero-order chi connectivity index (χ0) is 19.3. The molecule has 1 aliphatic rings. The van der Waals surface area contributed by atoms with Gasteiger partial charge in [0.15, 0.2) is 5.82 Å². The molecule has 8 heteroatoms. The lowest BCUT2D eigenvalue weighted by Gasteiger charge is -2.28. The number of hydrogen-bond acceptors (Lipinski definition) is 6. The summed E-state index contributed by atoms with van der Waals surface area (Å²) >= 11 is 1.29. The van der Waals surface area contributed by atoms with Crippen LogP contribution in [-0.4, -0.2) is 48.2 Å². The minimum atomic E-state index is -0.457. The summed E-state index contributed by atoms with van der Waals surface area (Å²) in [5.41, 5.74) is 0.173. The third kappa shape index (κ3) is 4.07. The molecule has 1 aliphatic heterocycles. The molecule has 1 aromatic heterocycles. The Balaban J connectivity index is 1.51. The van der Waals surface area contributed by atoms with Crippen LogP contribution in [0.4, 0.5) is 15.9 Å². The van der Waals surface area contributed by atoms with Crippen molar-refractivity contribution in [3.63, 3.8) is 0 Å². The summed E-state index contributed by atoms with van der Waals surface area (Å²) in [6.45, 7) is 2.89. The molecule has 0 spiro atoms. The van der Waals surface area contributed by atoms with Crippen molar-refractivity contribution < 1.29 is 13.9 Å². The van der Waals surface area contributed by atoms with Gasteiger partial charge in [0.05, 0.1) is 24.7 Å². The number of anilines is 2. The molecule has 0 atom stereocenters. The van der Waals surface area contributed by atoms with Crippen molar-refractivity contribution in [3.05, 3.63) is 54.3 Å². The van der Waals surface area contributed by atoms with Crippen LogP contribution in [0.1, 0.15) is 0 Å². The Morgan fingerprint density at radius 2 is 1.79 bits per heavy atom. The summed E-state index contributed by atoms with van der Waals surface area (Å²) in [5, 5.41) is 14.0. The van der Waals surface area contributed by atoms with Crippen LogP contribution in [0, 0.1) is 5.82 Å². The van der Waals surface area contributed by atoms with E-state index in [4.69, 9.17) is 4.74 Å². The number of ether oxygens (including phenoxy) is 1. The second-order valence-corrected chi connectivity index (χ2v) is 7.25. The fourth-order valence-corrected chi connectivity index (χ4v) is 3.84. The van der Waals surface area contributed by atoms with E-state index in [1.165, 1.54) is 23.9 Å². The number of thioether (sulfide) groups is 1. The molecule has 2 aromatic carbocycles. The van der Waals surface area contributed by atoms with Crippen LogP contribution in [0.5, 0.6) is 0 Å². The largest absolute Gasteiger partial charge is 0.378 e. The highest BCUT2D eigenvalue weighted by Gasteiger charge is 2.18. The minimum Gasteiger partial charge on any atom is -0.378 e. The van der Waals surface area contributed by atoms with E-state index >= 15 is 0 Å². The van der Waals surface area contributed by atoms with Gasteiger partial charge < -0.3 is 15.0 Å². The predicted molar refractivity (Wildman–Crippen MR) is 108 cm³/mol. The average molecular weight is 398 g/mol. The first kappa shape index (κ1) is 18.6. The van der Waals surface area contributed by atoms with Crippen LogP contribution in [-0.2, 0) is 9.53 Å². The Morgan fingerprint density at radius 3 is 2.57 bits per heavy atom. The maximum absolute atomic E-state index is 13.7. The molecule has 0 unspecified atom stereocenters. The number of para-hydroxylation sites is 1. The van der Waals surface area contributed by atoms with Crippen LogP contribution in [0.3, 0.4) is 0 Å². The Kier molecular flexibility index (Phi) is 5.68. The molecule has 0 saturated carbocycles. The van der Waals surface area contributed by atoms with Gasteiger partial charge in [0.2, 0.25) is 5.91 Å². The fourth-order valence-electron chi connectivity index (χ4n) is 3.06. The van der Waals surface area contributed by atoms with Gasteiger partial charge in [-0.2, -0.15) is 0 Å². The molecule has 0 radical (unpaired) electrons. The van der Waals surface area contributed by atoms with Gasteiger partial charge >= 0.3 is 0 Å². The molecule has 0 aliphatic carbocycles. The van der Waals surface area contributed by atoms with E-state index in [2.05, 4.69) is 20.4 Å². The van der Waals surface area contributed by atoms with Crippen LogP contribution < -0.4 is 10.2 Å². The van der Waals surface area contributed by atoms with Crippen LogP contribution >= 0.6 is 11.8 Å². The number of nitrogens with one attached hydrogen (secondary N) is 1. The van der Waals surface area contributed by atoms with E-state index in [-0.39, 0.29) is 17.3 Å². The van der Waals surface area contributed by atoms with E-state index in [9.17, 15) is 9.18 Å². The zero-order valence-electron chi connectivity index (χ0n) is 15.1. The fraction of sp³-hybridized carbons (Fsp3) is 0.250. The molecule has 144 valence electrons. The minimum absolute atomic E-state index is 0.115. The summed E-state index contributed by atoms with van der Waals surface area (Å²) in [4.78, 5) is 14.4. The van der Waals surface area contributed by atoms with Gasteiger partial charge in [-0.15, -0.1) is 10.2 Å². The molecule has 1 saturated heterocycles. The molecule has 28 heavy (non-hydrogen) atoms. The van der Waals surface area contributed by atoms with Gasteiger partial charge in [-0.25, -0.2) is 4.39 Å². The van der Waals surface area contributed by atoms with Gasteiger partial charge in [-0.3, -0.25) is 4.79 Å². The Bertz CT molecular complexity index is 995. The summed E-state index contributed by atoms with van der Waals surface area (Å²) < 4.78 is 19.1. The summed E-state index contributed by atoms with van der Waals surface area (Å²) in [7, 11) is 0. The monoisotopic (exact) mass is 398 g/mol. The first-order valence-corrected chi connectivity index (χ1v) is 9.96. The summed E-state index contributed by atoms with van der Waals surface area (Å²) in [6, 6.07) is 14.0. The van der Waals surface area contributed by atoms with Gasteiger partial charge in [0.25, 0.3) is 0 Å². The molecular formula is C20H19FN4O2S. The highest BCUT2D eigenvalue weighted by molar-refractivity contribution is 8.00. The average Bonchev–Trinajstić information content (AvgIpc) is 2.74. The van der Waals surface area contributed by atoms with Crippen molar-refractivity contribution in [2.75, 3.05) is 42.3 Å². The number of aromatic nitrogens is 2. The number of carbonyl (C=O) groups is 1. The highest BCUT2D eigenvalue weighted by atomic mass is 32.2. The van der Waals surface area contributed by atoms with E-state index in [0.717, 1.165) is 29.7 Å². The lowest BCUT2D eigenvalue weighted by molar-refractivity contribution is -0.113. The zero-order valence-corrected chi connectivity index (χ0v) is 15.9. The second-order valence-electron chi connectivity index (χ2n) is 6.29. The number of nitrogens with zero attached hydrogens (tertiary/aromatic N) is 3. The number of amides is 1. The second kappa shape index (κ2) is 8.53. The molecule has 3 aromatic rings. The van der Waals surface area contributed by atoms with E-state index < -0.39 is 5.82 Å². The smallest absolute Gasteiger partial charge is 0.234 e. The Labute approximate surface area is 166 Å². The first-order valence-electron chi connectivity index (χ1n) is 8.97. The van der Waals surface area contributed by atoms with Gasteiger partial charge in [0, 0.05) is 23.9 Å². The molecule has 6 nitrogen and oxygen atoms in total. The maximum atomic E-state index is 13.7. The van der Waals surface area contributed by atoms with Crippen LogP contribution in [0.2, 0.25) is 0 Å². The Hall–Kier alpha value is -2.71. The summed E-state index contributed by atoms with van der Waals surface area (Å²) in [5.74, 6) is 0.197. The number of morpholine rings is 1. The number of hydrogen-bond donors (Lipinski definition) is 1. The number of carbonyl (C=O) groups excluding carboxylic acids is 1. The van der Waals surface area contributed by atoms with Crippen molar-refractivity contribution >= 4 is 39.9 Å². The van der Waals surface area contributed by atoms with Crippen LogP contribution in [0.25, 0.3) is 10.8 Å². The molecule has 0 bridgehead atoms. The maximum Gasteiger partial charge on any atom is 0.234 e. The van der Waals surface area contributed by atoms with Crippen molar-refractivity contribution in [2.24, 2.45) is 0 Å². The topological polar surface area (TPSA) is 67.4 Å². The predicted octanol–water partition coefficient (Wildman–Crippen LogP) is 3.34.